The normalized spacial score (nSPS) is 11.2. The first-order valence-electron chi connectivity index (χ1n) is 10.9. The topological polar surface area (TPSA) is 36.2 Å². The second-order valence-corrected chi connectivity index (χ2v) is 7.38. The Balaban J connectivity index is 1.56. The molecule has 0 aliphatic carbocycles. The van der Waals surface area contributed by atoms with E-state index in [0.29, 0.717) is 5.69 Å². The number of hydrogen-bond acceptors (Lipinski definition) is 2. The molecule has 0 aliphatic heterocycles. The smallest absolute Gasteiger partial charge is 0.216 e. The Morgan fingerprint density at radius 2 is 1.43 bits per heavy atom. The number of benzene rings is 1. The van der Waals surface area contributed by atoms with E-state index in [4.69, 9.17) is 4.74 Å². The summed E-state index contributed by atoms with van der Waals surface area (Å²) < 4.78 is 6.70. The van der Waals surface area contributed by atoms with Crippen molar-refractivity contribution in [3.8, 4) is 5.75 Å². The third kappa shape index (κ3) is 9.07. The molecule has 0 unspecified atom stereocenters. The fourth-order valence-electron chi connectivity index (χ4n) is 3.21. The van der Waals surface area contributed by atoms with Gasteiger partial charge in [0.1, 0.15) is 5.75 Å². The number of nitrogens with zero attached hydrogens (tertiary/aromatic N) is 1. The molecule has 0 fully saturated rings. The quantitative estimate of drug-likeness (QED) is 0.205. The predicted octanol–water partition coefficient (Wildman–Crippen LogP) is 6.79. The van der Waals surface area contributed by atoms with Gasteiger partial charge in [-0.15, -0.1) is 0 Å². The van der Waals surface area contributed by atoms with Gasteiger partial charge in [-0.2, -0.15) is 4.73 Å². The van der Waals surface area contributed by atoms with Crippen molar-refractivity contribution in [3.05, 3.63) is 65.1 Å². The summed E-state index contributed by atoms with van der Waals surface area (Å²) in [5.74, 6) is 0.909. The number of unbranched alkanes of at least 4 members (excludes halogenated alkanes) is 9. The van der Waals surface area contributed by atoms with Gasteiger partial charge in [-0.25, -0.2) is 0 Å². The number of rotatable bonds is 14. The van der Waals surface area contributed by atoms with Gasteiger partial charge in [-0.05, 0) is 36.3 Å². The molecule has 1 heterocycles. The molecule has 3 nitrogen and oxygen atoms in total. The van der Waals surface area contributed by atoms with E-state index in [1.54, 1.807) is 12.1 Å². The van der Waals surface area contributed by atoms with Crippen LogP contribution in [0.3, 0.4) is 0 Å². The molecule has 0 aliphatic rings. The lowest BCUT2D eigenvalue weighted by Gasteiger charge is -2.06. The number of ether oxygens (including phenoxy) is 1. The molecule has 2 rings (SSSR count). The highest BCUT2D eigenvalue weighted by atomic mass is 16.5. The molecule has 0 radical (unpaired) electrons. The molecule has 1 aromatic carbocycles. The van der Waals surface area contributed by atoms with Crippen LogP contribution in [0.25, 0.3) is 12.2 Å². The molecular weight excluding hydrogens is 346 g/mol. The van der Waals surface area contributed by atoms with Gasteiger partial charge in [-0.3, -0.25) is 0 Å². The fourth-order valence-corrected chi connectivity index (χ4v) is 3.21. The van der Waals surface area contributed by atoms with Gasteiger partial charge in [-0.1, -0.05) is 76.8 Å². The Morgan fingerprint density at radius 3 is 2.07 bits per heavy atom. The van der Waals surface area contributed by atoms with E-state index in [1.165, 1.54) is 64.0 Å². The van der Waals surface area contributed by atoms with Gasteiger partial charge >= 0.3 is 0 Å². The van der Waals surface area contributed by atoms with Crippen LogP contribution in [0.1, 0.15) is 82.4 Å². The maximum absolute atomic E-state index is 11.6. The molecule has 3 heteroatoms. The zero-order valence-corrected chi connectivity index (χ0v) is 17.3. The van der Waals surface area contributed by atoms with Gasteiger partial charge in [0.2, 0.25) is 5.69 Å². The molecule has 0 atom stereocenters. The zero-order valence-electron chi connectivity index (χ0n) is 17.3. The molecule has 0 saturated carbocycles. The van der Waals surface area contributed by atoms with Crippen molar-refractivity contribution in [2.75, 3.05) is 6.61 Å². The Bertz CT molecular complexity index is 679. The van der Waals surface area contributed by atoms with Crippen molar-refractivity contribution < 1.29 is 9.47 Å². The molecule has 0 spiro atoms. The van der Waals surface area contributed by atoms with Gasteiger partial charge in [0.25, 0.3) is 0 Å². The molecule has 0 amide bonds. The van der Waals surface area contributed by atoms with Crippen molar-refractivity contribution in [1.82, 2.24) is 0 Å². The van der Waals surface area contributed by atoms with E-state index in [0.717, 1.165) is 29.1 Å². The maximum Gasteiger partial charge on any atom is 0.216 e. The van der Waals surface area contributed by atoms with Crippen LogP contribution in [0.5, 0.6) is 5.75 Å². The van der Waals surface area contributed by atoms with E-state index in [-0.39, 0.29) is 0 Å². The summed E-state index contributed by atoms with van der Waals surface area (Å²) >= 11 is 0. The second kappa shape index (κ2) is 13.8. The lowest BCUT2D eigenvalue weighted by Crippen LogP contribution is -2.28. The molecule has 152 valence electrons. The Hall–Kier alpha value is -2.29. The highest BCUT2D eigenvalue weighted by Gasteiger charge is 1.98. The van der Waals surface area contributed by atoms with E-state index in [1.807, 2.05) is 42.5 Å². The summed E-state index contributed by atoms with van der Waals surface area (Å²) in [5.41, 5.74) is 1.68. The largest absolute Gasteiger partial charge is 0.618 e. The average molecular weight is 382 g/mol. The van der Waals surface area contributed by atoms with Crippen LogP contribution >= 0.6 is 0 Å². The van der Waals surface area contributed by atoms with E-state index in [9.17, 15) is 5.21 Å². The Morgan fingerprint density at radius 1 is 0.786 bits per heavy atom. The highest BCUT2D eigenvalue weighted by molar-refractivity contribution is 5.67. The van der Waals surface area contributed by atoms with E-state index in [2.05, 4.69) is 6.92 Å². The number of pyridine rings is 1. The summed E-state index contributed by atoms with van der Waals surface area (Å²) in [6, 6.07) is 13.4. The number of hydrogen-bond donors (Lipinski definition) is 0. The fraction of sp³-hybridized carbons (Fsp3) is 0.480. The molecule has 0 N–H and O–H groups in total. The van der Waals surface area contributed by atoms with Crippen LogP contribution in [0.2, 0.25) is 0 Å². The van der Waals surface area contributed by atoms with E-state index >= 15 is 0 Å². The average Bonchev–Trinajstić information content (AvgIpc) is 2.72. The van der Waals surface area contributed by atoms with Gasteiger partial charge in [0.05, 0.1) is 6.61 Å². The molecule has 28 heavy (non-hydrogen) atoms. The van der Waals surface area contributed by atoms with E-state index < -0.39 is 0 Å². The molecule has 0 bridgehead atoms. The first-order valence-corrected chi connectivity index (χ1v) is 10.9. The Labute approximate surface area is 170 Å². The Kier molecular flexibility index (Phi) is 10.9. The minimum atomic E-state index is 0.629. The first-order chi connectivity index (χ1) is 13.8. The molecule has 1 aromatic heterocycles. The molecule has 0 saturated heterocycles. The third-order valence-electron chi connectivity index (χ3n) is 4.95. The van der Waals surface area contributed by atoms with Crippen molar-refractivity contribution >= 4 is 12.2 Å². The second-order valence-electron chi connectivity index (χ2n) is 7.38. The monoisotopic (exact) mass is 381 g/mol. The minimum Gasteiger partial charge on any atom is -0.618 e. The summed E-state index contributed by atoms with van der Waals surface area (Å²) in [6.45, 7) is 3.05. The lowest BCUT2D eigenvalue weighted by atomic mass is 10.1. The minimum absolute atomic E-state index is 0.629. The number of aromatic nitrogens is 1. The van der Waals surface area contributed by atoms with Crippen LogP contribution in [0, 0.1) is 5.21 Å². The van der Waals surface area contributed by atoms with Crippen LogP contribution < -0.4 is 9.47 Å². The van der Waals surface area contributed by atoms with Crippen LogP contribution in [0.4, 0.5) is 0 Å². The first kappa shape index (κ1) is 22.0. The summed E-state index contributed by atoms with van der Waals surface area (Å²) in [4.78, 5) is 0. The standard InChI is InChI=1S/C25H35NO2/c1-2-3-4-5-6-7-8-9-10-13-22-28-25-19-16-23(17-20-25)15-18-24-14-11-12-21-26(24)27/h11-12,14-21H,2-10,13,22H2,1H3/b18-15+. The molecule has 2 aromatic rings. The summed E-state index contributed by atoms with van der Waals surface area (Å²) in [6.07, 6.45) is 18.6. The molecular formula is C25H35NO2. The van der Waals surface area contributed by atoms with Crippen LogP contribution in [-0.4, -0.2) is 6.61 Å². The predicted molar refractivity (Wildman–Crippen MR) is 118 cm³/mol. The van der Waals surface area contributed by atoms with Gasteiger partial charge < -0.3 is 9.94 Å². The third-order valence-corrected chi connectivity index (χ3v) is 4.95. The zero-order chi connectivity index (χ0) is 19.9. The van der Waals surface area contributed by atoms with Crippen molar-refractivity contribution in [2.24, 2.45) is 0 Å². The summed E-state index contributed by atoms with van der Waals surface area (Å²) in [7, 11) is 0. The van der Waals surface area contributed by atoms with Crippen molar-refractivity contribution in [1.29, 1.82) is 0 Å². The van der Waals surface area contributed by atoms with Gasteiger partial charge in [0.15, 0.2) is 6.20 Å². The van der Waals surface area contributed by atoms with Crippen molar-refractivity contribution in [2.45, 2.75) is 71.1 Å². The lowest BCUT2D eigenvalue weighted by molar-refractivity contribution is -0.607. The van der Waals surface area contributed by atoms with Gasteiger partial charge in [0, 0.05) is 18.2 Å². The van der Waals surface area contributed by atoms with Crippen LogP contribution in [-0.2, 0) is 0 Å². The van der Waals surface area contributed by atoms with Crippen molar-refractivity contribution in [3.63, 3.8) is 0 Å². The summed E-state index contributed by atoms with van der Waals surface area (Å²) in [5, 5.41) is 11.6. The highest BCUT2D eigenvalue weighted by Crippen LogP contribution is 2.15. The van der Waals surface area contributed by atoms with Crippen LogP contribution in [0.15, 0.2) is 48.7 Å². The SMILES string of the molecule is CCCCCCCCCCCCOc1ccc(/C=C/c2cccc[n+]2[O-])cc1. The maximum atomic E-state index is 11.6.